The van der Waals surface area contributed by atoms with Crippen molar-refractivity contribution in [1.82, 2.24) is 19.7 Å². The number of carbonyl (C=O) groups is 1. The van der Waals surface area contributed by atoms with Crippen LogP contribution in [0.4, 0.5) is 0 Å². The van der Waals surface area contributed by atoms with Crippen LogP contribution in [0.15, 0.2) is 48.7 Å². The van der Waals surface area contributed by atoms with Crippen LogP contribution in [-0.2, 0) is 11.3 Å². The lowest BCUT2D eigenvalue weighted by Crippen LogP contribution is -2.20. The lowest BCUT2D eigenvalue weighted by Gasteiger charge is -2.15. The van der Waals surface area contributed by atoms with Crippen LogP contribution in [-0.4, -0.2) is 27.4 Å². The summed E-state index contributed by atoms with van der Waals surface area (Å²) in [5.74, 6) is 1.67. The zero-order valence-electron chi connectivity index (χ0n) is 17.6. The highest BCUT2D eigenvalue weighted by atomic mass is 16.5. The predicted molar refractivity (Wildman–Crippen MR) is 115 cm³/mol. The normalized spacial score (nSPS) is 11.4. The minimum Gasteiger partial charge on any atom is -0.497 e. The summed E-state index contributed by atoms with van der Waals surface area (Å²) in [7, 11) is 1.63. The molecule has 2 aromatic heterocycles. The molecule has 6 nitrogen and oxygen atoms in total. The maximum absolute atomic E-state index is 12.3. The number of aromatic nitrogens is 3. The predicted octanol–water partition coefficient (Wildman–Crippen LogP) is 4.21. The zero-order valence-corrected chi connectivity index (χ0v) is 17.6. The fourth-order valence-electron chi connectivity index (χ4n) is 3.39. The number of rotatable bonds is 7. The van der Waals surface area contributed by atoms with Gasteiger partial charge in [0.15, 0.2) is 0 Å². The fraction of sp³-hybridized carbons (Fsp3) is 0.304. The van der Waals surface area contributed by atoms with Crippen molar-refractivity contribution in [2.75, 3.05) is 7.11 Å². The molecule has 29 heavy (non-hydrogen) atoms. The van der Waals surface area contributed by atoms with E-state index in [1.807, 2.05) is 47.3 Å². The standard InChI is InChI=1S/C23H28N4O2/c1-16(2)27-23(11-12-25-27)26-17(3)13-20(18(26)4)9-10-22(28)24-15-19-7-6-8-21(14-19)29-5/h6-14,16H,15H2,1-5H3,(H,24,28)/b10-9+. The molecule has 0 atom stereocenters. The Balaban J connectivity index is 1.72. The lowest BCUT2D eigenvalue weighted by molar-refractivity contribution is -0.116. The Bertz CT molecular complexity index is 1030. The molecule has 0 spiro atoms. The molecule has 6 heteroatoms. The number of amides is 1. The number of hydrogen-bond acceptors (Lipinski definition) is 3. The maximum Gasteiger partial charge on any atom is 0.244 e. The summed E-state index contributed by atoms with van der Waals surface area (Å²) in [4.78, 5) is 12.3. The van der Waals surface area contributed by atoms with Crippen molar-refractivity contribution in [1.29, 1.82) is 0 Å². The lowest BCUT2D eigenvalue weighted by atomic mass is 10.2. The van der Waals surface area contributed by atoms with Gasteiger partial charge in [-0.15, -0.1) is 0 Å². The fourth-order valence-corrected chi connectivity index (χ4v) is 3.39. The van der Waals surface area contributed by atoms with Crippen molar-refractivity contribution in [3.8, 4) is 11.6 Å². The van der Waals surface area contributed by atoms with Gasteiger partial charge in [-0.1, -0.05) is 12.1 Å². The minimum atomic E-state index is -0.134. The molecule has 0 aliphatic heterocycles. The Morgan fingerprint density at radius 1 is 1.24 bits per heavy atom. The quantitative estimate of drug-likeness (QED) is 0.613. The van der Waals surface area contributed by atoms with E-state index < -0.39 is 0 Å². The van der Waals surface area contributed by atoms with Gasteiger partial charge in [0.05, 0.1) is 13.3 Å². The maximum atomic E-state index is 12.3. The number of hydrogen-bond donors (Lipinski definition) is 1. The van der Waals surface area contributed by atoms with Gasteiger partial charge in [-0.2, -0.15) is 5.10 Å². The first kappa shape index (κ1) is 20.5. The molecule has 1 aromatic carbocycles. The van der Waals surface area contributed by atoms with E-state index in [1.165, 1.54) is 0 Å². The van der Waals surface area contributed by atoms with Crippen LogP contribution in [0.2, 0.25) is 0 Å². The number of nitrogens with one attached hydrogen (secondary N) is 1. The molecule has 2 heterocycles. The first-order valence-electron chi connectivity index (χ1n) is 9.72. The van der Waals surface area contributed by atoms with Crippen LogP contribution in [0.1, 0.15) is 42.4 Å². The van der Waals surface area contributed by atoms with Gasteiger partial charge < -0.3 is 14.6 Å². The monoisotopic (exact) mass is 392 g/mol. The highest BCUT2D eigenvalue weighted by Gasteiger charge is 2.14. The summed E-state index contributed by atoms with van der Waals surface area (Å²) in [6, 6.07) is 12.0. The summed E-state index contributed by atoms with van der Waals surface area (Å²) in [6.07, 6.45) is 5.25. The van der Waals surface area contributed by atoms with Gasteiger partial charge in [0.25, 0.3) is 0 Å². The second-order valence-electron chi connectivity index (χ2n) is 7.29. The molecule has 3 rings (SSSR count). The highest BCUT2D eigenvalue weighted by Crippen LogP contribution is 2.23. The molecule has 152 valence electrons. The van der Waals surface area contributed by atoms with Gasteiger partial charge in [-0.25, -0.2) is 4.68 Å². The van der Waals surface area contributed by atoms with E-state index in [0.29, 0.717) is 6.54 Å². The van der Waals surface area contributed by atoms with Gasteiger partial charge in [0.1, 0.15) is 11.6 Å². The van der Waals surface area contributed by atoms with Crippen LogP contribution in [0, 0.1) is 13.8 Å². The summed E-state index contributed by atoms with van der Waals surface area (Å²) in [5, 5.41) is 7.34. The van der Waals surface area contributed by atoms with Crippen molar-refractivity contribution >= 4 is 12.0 Å². The summed E-state index contributed by atoms with van der Waals surface area (Å²) < 4.78 is 9.37. The van der Waals surface area contributed by atoms with Gasteiger partial charge >= 0.3 is 0 Å². The molecule has 0 unspecified atom stereocenters. The highest BCUT2D eigenvalue weighted by molar-refractivity contribution is 5.91. The van der Waals surface area contributed by atoms with Crippen LogP contribution in [0.25, 0.3) is 11.9 Å². The molecule has 1 N–H and O–H groups in total. The van der Waals surface area contributed by atoms with E-state index in [9.17, 15) is 4.79 Å². The van der Waals surface area contributed by atoms with Crippen LogP contribution < -0.4 is 10.1 Å². The van der Waals surface area contributed by atoms with Crippen molar-refractivity contribution in [3.63, 3.8) is 0 Å². The molecule has 0 saturated carbocycles. The average Bonchev–Trinajstić information content (AvgIpc) is 3.29. The van der Waals surface area contributed by atoms with Gasteiger partial charge in [0.2, 0.25) is 5.91 Å². The number of nitrogens with zero attached hydrogens (tertiary/aromatic N) is 3. The minimum absolute atomic E-state index is 0.134. The molecule has 0 saturated heterocycles. The third-order valence-corrected chi connectivity index (χ3v) is 4.85. The largest absolute Gasteiger partial charge is 0.497 e. The smallest absolute Gasteiger partial charge is 0.244 e. The Kier molecular flexibility index (Phi) is 6.22. The van der Waals surface area contributed by atoms with Crippen molar-refractivity contribution < 1.29 is 9.53 Å². The van der Waals surface area contributed by atoms with Gasteiger partial charge in [-0.3, -0.25) is 4.79 Å². The van der Waals surface area contributed by atoms with Gasteiger partial charge in [0, 0.05) is 36.1 Å². The number of aryl methyl sites for hydroxylation is 1. The number of carbonyl (C=O) groups excluding carboxylic acids is 1. The second-order valence-corrected chi connectivity index (χ2v) is 7.29. The van der Waals surface area contributed by atoms with E-state index >= 15 is 0 Å². The zero-order chi connectivity index (χ0) is 21.0. The molecule has 0 radical (unpaired) electrons. The Morgan fingerprint density at radius 2 is 2.03 bits per heavy atom. The number of ether oxygens (including phenoxy) is 1. The summed E-state index contributed by atoms with van der Waals surface area (Å²) >= 11 is 0. The van der Waals surface area contributed by atoms with E-state index in [2.05, 4.69) is 48.7 Å². The first-order chi connectivity index (χ1) is 13.9. The van der Waals surface area contributed by atoms with E-state index in [-0.39, 0.29) is 11.9 Å². The molecular formula is C23H28N4O2. The first-order valence-corrected chi connectivity index (χ1v) is 9.72. The average molecular weight is 393 g/mol. The second kappa shape index (κ2) is 8.82. The molecular weight excluding hydrogens is 364 g/mol. The molecule has 1 amide bonds. The van der Waals surface area contributed by atoms with E-state index in [1.54, 1.807) is 13.2 Å². The number of benzene rings is 1. The molecule has 0 aliphatic carbocycles. The molecule has 3 aromatic rings. The summed E-state index contributed by atoms with van der Waals surface area (Å²) in [6.45, 7) is 8.78. The SMILES string of the molecule is COc1cccc(CNC(=O)/C=C/c2cc(C)n(-c3ccnn3C(C)C)c2C)c1. The molecule has 0 bridgehead atoms. The molecule has 0 fully saturated rings. The van der Waals surface area contributed by atoms with Crippen LogP contribution in [0.5, 0.6) is 5.75 Å². The Labute approximate surface area is 171 Å². The van der Waals surface area contributed by atoms with Crippen LogP contribution in [0.3, 0.4) is 0 Å². The van der Waals surface area contributed by atoms with E-state index in [4.69, 9.17) is 4.74 Å². The molecule has 0 aliphatic rings. The third-order valence-electron chi connectivity index (χ3n) is 4.85. The topological polar surface area (TPSA) is 61.1 Å². The van der Waals surface area contributed by atoms with Crippen molar-refractivity contribution in [2.24, 2.45) is 0 Å². The van der Waals surface area contributed by atoms with Crippen molar-refractivity contribution in [3.05, 3.63) is 71.2 Å². The Morgan fingerprint density at radius 3 is 2.76 bits per heavy atom. The summed E-state index contributed by atoms with van der Waals surface area (Å²) in [5.41, 5.74) is 4.17. The van der Waals surface area contributed by atoms with Gasteiger partial charge in [-0.05, 0) is 63.1 Å². The third kappa shape index (κ3) is 4.59. The Hall–Kier alpha value is -3.28. The van der Waals surface area contributed by atoms with Crippen molar-refractivity contribution in [2.45, 2.75) is 40.3 Å². The van der Waals surface area contributed by atoms with E-state index in [0.717, 1.165) is 34.1 Å². The van der Waals surface area contributed by atoms with Crippen LogP contribution >= 0.6 is 0 Å². The number of methoxy groups -OCH3 is 1.